The first-order valence-electron chi connectivity index (χ1n) is 4.93. The van der Waals surface area contributed by atoms with Crippen molar-refractivity contribution >= 4 is 40.7 Å². The summed E-state index contributed by atoms with van der Waals surface area (Å²) in [4.78, 5) is 22.5. The molecule has 0 spiro atoms. The zero-order valence-corrected chi connectivity index (χ0v) is 10.9. The Morgan fingerprint density at radius 2 is 1.94 bits per heavy atom. The van der Waals surface area contributed by atoms with Crippen molar-refractivity contribution in [3.63, 3.8) is 0 Å². The Morgan fingerprint density at radius 3 is 2.53 bits per heavy atom. The van der Waals surface area contributed by atoms with Crippen LogP contribution in [0.4, 0.5) is 10.5 Å². The first kappa shape index (κ1) is 13.8. The minimum atomic E-state index is -0.548. The van der Waals surface area contributed by atoms with E-state index >= 15 is 0 Å². The van der Waals surface area contributed by atoms with Crippen LogP contribution in [0.15, 0.2) is 18.2 Å². The Morgan fingerprint density at radius 1 is 1.29 bits per heavy atom. The summed E-state index contributed by atoms with van der Waals surface area (Å²) in [6.07, 6.45) is 0. The summed E-state index contributed by atoms with van der Waals surface area (Å²) in [5.41, 5.74) is 0.396. The number of hydrogen-bond donors (Lipinski definition) is 2. The van der Waals surface area contributed by atoms with E-state index in [0.29, 0.717) is 15.7 Å². The molecule has 2 amide bonds. The van der Waals surface area contributed by atoms with E-state index in [1.54, 1.807) is 19.1 Å². The van der Waals surface area contributed by atoms with E-state index in [9.17, 15) is 9.59 Å². The number of halogens is 2. The van der Waals surface area contributed by atoms with Crippen LogP contribution >= 0.6 is 23.2 Å². The summed E-state index contributed by atoms with van der Waals surface area (Å²) in [5.74, 6) is -0.127. The van der Waals surface area contributed by atoms with Crippen LogP contribution in [0.2, 0.25) is 10.0 Å². The standard InChI is InChI=1S/C11H12Cl2N2O2/c1-6(7(2)16)14-11(17)15-10-5-8(12)3-4-9(10)13/h3-6H,1-2H3,(H2,14,15,17). The number of nitrogens with one attached hydrogen (secondary N) is 2. The summed E-state index contributed by atoms with van der Waals surface area (Å²) < 4.78 is 0. The maximum atomic E-state index is 11.5. The van der Waals surface area contributed by atoms with Gasteiger partial charge in [0.05, 0.1) is 16.8 Å². The van der Waals surface area contributed by atoms with Gasteiger partial charge >= 0.3 is 6.03 Å². The Labute approximate surface area is 109 Å². The number of rotatable bonds is 3. The smallest absolute Gasteiger partial charge is 0.319 e. The van der Waals surface area contributed by atoms with E-state index in [1.807, 2.05) is 0 Å². The van der Waals surface area contributed by atoms with Gasteiger partial charge in [0.25, 0.3) is 0 Å². The highest BCUT2D eigenvalue weighted by Crippen LogP contribution is 2.25. The maximum Gasteiger partial charge on any atom is 0.319 e. The van der Waals surface area contributed by atoms with Gasteiger partial charge in [-0.1, -0.05) is 23.2 Å². The molecular formula is C11H12Cl2N2O2. The second-order valence-electron chi connectivity index (χ2n) is 3.55. The Bertz CT molecular complexity index is 449. The van der Waals surface area contributed by atoms with E-state index in [0.717, 1.165) is 0 Å². The number of ketones is 1. The van der Waals surface area contributed by atoms with Gasteiger partial charge in [-0.2, -0.15) is 0 Å². The minimum Gasteiger partial charge on any atom is -0.328 e. The molecule has 92 valence electrons. The van der Waals surface area contributed by atoms with Gasteiger partial charge in [0, 0.05) is 5.02 Å². The Hall–Kier alpha value is -1.26. The lowest BCUT2D eigenvalue weighted by Gasteiger charge is -2.12. The number of hydrogen-bond acceptors (Lipinski definition) is 2. The monoisotopic (exact) mass is 274 g/mol. The van der Waals surface area contributed by atoms with Crippen LogP contribution in [-0.2, 0) is 4.79 Å². The third-order valence-corrected chi connectivity index (χ3v) is 2.70. The average Bonchev–Trinajstić information content (AvgIpc) is 2.23. The molecule has 0 aromatic heterocycles. The topological polar surface area (TPSA) is 58.2 Å². The van der Waals surface area contributed by atoms with Crippen molar-refractivity contribution in [1.29, 1.82) is 0 Å². The molecule has 0 radical (unpaired) electrons. The lowest BCUT2D eigenvalue weighted by Crippen LogP contribution is -2.40. The van der Waals surface area contributed by atoms with Crippen LogP contribution in [0.25, 0.3) is 0 Å². The third-order valence-electron chi connectivity index (χ3n) is 2.13. The van der Waals surface area contributed by atoms with E-state index in [2.05, 4.69) is 10.6 Å². The van der Waals surface area contributed by atoms with Crippen LogP contribution in [-0.4, -0.2) is 17.9 Å². The maximum absolute atomic E-state index is 11.5. The van der Waals surface area contributed by atoms with Gasteiger partial charge in [-0.05, 0) is 32.0 Å². The van der Waals surface area contributed by atoms with Crippen molar-refractivity contribution in [2.45, 2.75) is 19.9 Å². The molecule has 4 nitrogen and oxygen atoms in total. The zero-order valence-electron chi connectivity index (χ0n) is 9.38. The fourth-order valence-corrected chi connectivity index (χ4v) is 1.39. The molecule has 1 rings (SSSR count). The molecule has 0 saturated heterocycles. The molecule has 0 aliphatic carbocycles. The molecule has 0 fully saturated rings. The molecule has 17 heavy (non-hydrogen) atoms. The number of Topliss-reactive ketones (excluding diaryl/α,β-unsaturated/α-hetero) is 1. The van der Waals surface area contributed by atoms with Crippen LogP contribution in [0, 0.1) is 0 Å². The second-order valence-corrected chi connectivity index (χ2v) is 4.40. The molecule has 0 aliphatic rings. The van der Waals surface area contributed by atoms with Gasteiger partial charge in [0.2, 0.25) is 0 Å². The Kier molecular flexibility index (Phi) is 4.78. The average molecular weight is 275 g/mol. The fourth-order valence-electron chi connectivity index (χ4n) is 1.05. The van der Waals surface area contributed by atoms with Gasteiger partial charge in [0.15, 0.2) is 5.78 Å². The predicted molar refractivity (Wildman–Crippen MR) is 68.8 cm³/mol. The highest BCUT2D eigenvalue weighted by atomic mass is 35.5. The van der Waals surface area contributed by atoms with E-state index in [-0.39, 0.29) is 5.78 Å². The summed E-state index contributed by atoms with van der Waals surface area (Å²) in [6, 6.07) is 3.67. The molecule has 1 aromatic rings. The van der Waals surface area contributed by atoms with Crippen molar-refractivity contribution in [3.05, 3.63) is 28.2 Å². The molecule has 0 heterocycles. The summed E-state index contributed by atoms with van der Waals surface area (Å²) in [6.45, 7) is 3.00. The van der Waals surface area contributed by atoms with Gasteiger partial charge in [-0.15, -0.1) is 0 Å². The zero-order chi connectivity index (χ0) is 13.0. The summed E-state index contributed by atoms with van der Waals surface area (Å²) >= 11 is 11.6. The van der Waals surface area contributed by atoms with E-state index in [1.165, 1.54) is 13.0 Å². The SMILES string of the molecule is CC(=O)C(C)NC(=O)Nc1cc(Cl)ccc1Cl. The second kappa shape index (κ2) is 5.89. The third kappa shape index (κ3) is 4.24. The van der Waals surface area contributed by atoms with Crippen molar-refractivity contribution < 1.29 is 9.59 Å². The lowest BCUT2D eigenvalue weighted by atomic mass is 10.2. The van der Waals surface area contributed by atoms with Crippen molar-refractivity contribution in [3.8, 4) is 0 Å². The highest BCUT2D eigenvalue weighted by Gasteiger charge is 2.12. The molecule has 0 saturated carbocycles. The molecule has 6 heteroatoms. The van der Waals surface area contributed by atoms with Gasteiger partial charge in [0.1, 0.15) is 0 Å². The van der Waals surface area contributed by atoms with E-state index in [4.69, 9.17) is 23.2 Å². The normalized spacial score (nSPS) is 11.8. The Balaban J connectivity index is 2.68. The number of carbonyl (C=O) groups is 2. The largest absolute Gasteiger partial charge is 0.328 e. The molecule has 2 N–H and O–H groups in total. The van der Waals surface area contributed by atoms with Crippen molar-refractivity contribution in [2.24, 2.45) is 0 Å². The molecule has 0 bridgehead atoms. The van der Waals surface area contributed by atoms with Crippen LogP contribution in [0.1, 0.15) is 13.8 Å². The van der Waals surface area contributed by atoms with Gasteiger partial charge < -0.3 is 10.6 Å². The first-order chi connectivity index (χ1) is 7.90. The number of carbonyl (C=O) groups excluding carboxylic acids is 2. The highest BCUT2D eigenvalue weighted by molar-refractivity contribution is 6.35. The van der Waals surface area contributed by atoms with Gasteiger partial charge in [-0.3, -0.25) is 4.79 Å². The van der Waals surface area contributed by atoms with Crippen LogP contribution in [0.5, 0.6) is 0 Å². The molecule has 1 aromatic carbocycles. The van der Waals surface area contributed by atoms with E-state index < -0.39 is 12.1 Å². The lowest BCUT2D eigenvalue weighted by molar-refractivity contribution is -0.118. The molecule has 0 aliphatic heterocycles. The van der Waals surface area contributed by atoms with Crippen molar-refractivity contribution in [1.82, 2.24) is 5.32 Å². The number of amides is 2. The molecular weight excluding hydrogens is 263 g/mol. The predicted octanol–water partition coefficient (Wildman–Crippen LogP) is 3.09. The van der Waals surface area contributed by atoms with Crippen LogP contribution in [0.3, 0.4) is 0 Å². The number of benzene rings is 1. The number of urea groups is 1. The quantitative estimate of drug-likeness (QED) is 0.890. The first-order valence-corrected chi connectivity index (χ1v) is 5.68. The van der Waals surface area contributed by atoms with Crippen molar-refractivity contribution in [2.75, 3.05) is 5.32 Å². The number of anilines is 1. The fraction of sp³-hybridized carbons (Fsp3) is 0.273. The summed E-state index contributed by atoms with van der Waals surface area (Å²) in [5, 5.41) is 5.83. The molecule has 1 unspecified atom stereocenters. The van der Waals surface area contributed by atoms with Gasteiger partial charge in [-0.25, -0.2) is 4.79 Å². The minimum absolute atomic E-state index is 0.127. The van der Waals surface area contributed by atoms with Crippen LogP contribution < -0.4 is 10.6 Å². The molecule has 1 atom stereocenters. The summed E-state index contributed by atoms with van der Waals surface area (Å²) in [7, 11) is 0.